The van der Waals surface area contributed by atoms with Gasteiger partial charge in [-0.3, -0.25) is 4.98 Å². The molecule has 0 spiro atoms. The van der Waals surface area contributed by atoms with Crippen molar-refractivity contribution >= 4 is 5.82 Å². The minimum atomic E-state index is -0.385. The summed E-state index contributed by atoms with van der Waals surface area (Å²) in [7, 11) is 0. The molecule has 104 valence electrons. The Bertz CT molecular complexity index is 614. The molecule has 3 rings (SSSR count). The Kier molecular flexibility index (Phi) is 3.56. The quantitative estimate of drug-likeness (QED) is 0.836. The van der Waals surface area contributed by atoms with E-state index in [2.05, 4.69) is 19.9 Å². The highest BCUT2D eigenvalue weighted by Crippen LogP contribution is 2.21. The van der Waals surface area contributed by atoms with Crippen LogP contribution in [0.25, 0.3) is 11.4 Å². The van der Waals surface area contributed by atoms with Crippen molar-refractivity contribution in [2.45, 2.75) is 6.92 Å². The second-order valence-corrected chi connectivity index (χ2v) is 4.64. The van der Waals surface area contributed by atoms with Crippen molar-refractivity contribution < 1.29 is 9.13 Å². The smallest absolute Gasteiger partial charge is 0.151 e. The number of nitrogens with zero attached hydrogens (tertiary/aromatic N) is 4. The van der Waals surface area contributed by atoms with Crippen molar-refractivity contribution in [2.75, 3.05) is 31.2 Å². The number of halogens is 1. The lowest BCUT2D eigenvalue weighted by atomic mass is 10.2. The van der Waals surface area contributed by atoms with Gasteiger partial charge in [-0.2, -0.15) is 0 Å². The fourth-order valence-electron chi connectivity index (χ4n) is 2.13. The highest BCUT2D eigenvalue weighted by molar-refractivity contribution is 5.56. The summed E-state index contributed by atoms with van der Waals surface area (Å²) in [6, 6.07) is 3.04. The van der Waals surface area contributed by atoms with Crippen molar-refractivity contribution in [3.05, 3.63) is 36.0 Å². The van der Waals surface area contributed by atoms with Crippen LogP contribution in [0.4, 0.5) is 10.2 Å². The molecular weight excluding hydrogens is 259 g/mol. The molecule has 0 bridgehead atoms. The third kappa shape index (κ3) is 2.60. The van der Waals surface area contributed by atoms with E-state index in [0.717, 1.165) is 24.6 Å². The first-order chi connectivity index (χ1) is 9.74. The van der Waals surface area contributed by atoms with Gasteiger partial charge < -0.3 is 9.64 Å². The highest BCUT2D eigenvalue weighted by atomic mass is 19.1. The average molecular weight is 274 g/mol. The molecule has 1 fully saturated rings. The third-order valence-corrected chi connectivity index (χ3v) is 3.18. The number of hydrogen-bond acceptors (Lipinski definition) is 5. The molecule has 1 saturated heterocycles. The molecule has 1 aliphatic heterocycles. The molecule has 0 N–H and O–H groups in total. The lowest BCUT2D eigenvalue weighted by Gasteiger charge is -2.27. The zero-order valence-corrected chi connectivity index (χ0v) is 11.2. The van der Waals surface area contributed by atoms with E-state index in [9.17, 15) is 4.39 Å². The molecular formula is C14H15FN4O. The molecule has 1 aliphatic rings. The molecule has 2 aromatic heterocycles. The second-order valence-electron chi connectivity index (χ2n) is 4.64. The first-order valence-corrected chi connectivity index (χ1v) is 6.52. The number of aryl methyl sites for hydroxylation is 1. The van der Waals surface area contributed by atoms with Crippen LogP contribution >= 0.6 is 0 Å². The number of ether oxygens (including phenoxy) is 1. The zero-order valence-electron chi connectivity index (χ0n) is 11.2. The van der Waals surface area contributed by atoms with Gasteiger partial charge in [0, 0.05) is 18.8 Å². The third-order valence-electron chi connectivity index (χ3n) is 3.18. The van der Waals surface area contributed by atoms with Gasteiger partial charge >= 0.3 is 0 Å². The minimum Gasteiger partial charge on any atom is -0.378 e. The fraction of sp³-hybridized carbons (Fsp3) is 0.357. The van der Waals surface area contributed by atoms with E-state index < -0.39 is 0 Å². The molecule has 0 aliphatic carbocycles. The van der Waals surface area contributed by atoms with Crippen molar-refractivity contribution in [3.63, 3.8) is 0 Å². The zero-order chi connectivity index (χ0) is 13.9. The van der Waals surface area contributed by atoms with Gasteiger partial charge in [0.2, 0.25) is 0 Å². The van der Waals surface area contributed by atoms with Crippen LogP contribution in [0.5, 0.6) is 0 Å². The van der Waals surface area contributed by atoms with E-state index in [1.807, 2.05) is 6.92 Å². The monoisotopic (exact) mass is 274 g/mol. The van der Waals surface area contributed by atoms with Crippen LogP contribution in [0.3, 0.4) is 0 Å². The lowest BCUT2D eigenvalue weighted by molar-refractivity contribution is 0.122. The largest absolute Gasteiger partial charge is 0.378 e. The van der Waals surface area contributed by atoms with Crippen LogP contribution in [0, 0.1) is 12.7 Å². The Labute approximate surface area is 116 Å². The number of morpholine rings is 1. The van der Waals surface area contributed by atoms with Crippen LogP contribution in [0.1, 0.15) is 5.69 Å². The predicted molar refractivity (Wildman–Crippen MR) is 73.0 cm³/mol. The lowest BCUT2D eigenvalue weighted by Crippen LogP contribution is -2.36. The topological polar surface area (TPSA) is 51.1 Å². The number of anilines is 1. The van der Waals surface area contributed by atoms with Gasteiger partial charge in [0.25, 0.3) is 0 Å². The van der Waals surface area contributed by atoms with Crippen molar-refractivity contribution in [3.8, 4) is 11.4 Å². The Morgan fingerprint density at radius 2 is 1.95 bits per heavy atom. The number of pyridine rings is 1. The van der Waals surface area contributed by atoms with Crippen LogP contribution < -0.4 is 4.90 Å². The van der Waals surface area contributed by atoms with Gasteiger partial charge in [-0.25, -0.2) is 14.4 Å². The molecule has 3 heterocycles. The number of aromatic nitrogens is 3. The van der Waals surface area contributed by atoms with E-state index in [0.29, 0.717) is 18.9 Å². The Morgan fingerprint density at radius 1 is 1.15 bits per heavy atom. The van der Waals surface area contributed by atoms with Gasteiger partial charge in [0.05, 0.1) is 25.6 Å². The Hall–Kier alpha value is -2.08. The summed E-state index contributed by atoms with van der Waals surface area (Å²) in [5.41, 5.74) is 1.45. The maximum absolute atomic E-state index is 13.9. The van der Waals surface area contributed by atoms with Crippen molar-refractivity contribution in [1.29, 1.82) is 0 Å². The summed E-state index contributed by atoms with van der Waals surface area (Å²) in [5.74, 6) is 0.345. The maximum atomic E-state index is 13.9. The van der Waals surface area contributed by atoms with Gasteiger partial charge in [0.15, 0.2) is 5.82 Å². The normalized spacial score (nSPS) is 15.4. The first kappa shape index (κ1) is 12.9. The number of hydrogen-bond donors (Lipinski definition) is 0. The minimum absolute atomic E-state index is 0.243. The van der Waals surface area contributed by atoms with E-state index >= 15 is 0 Å². The van der Waals surface area contributed by atoms with Gasteiger partial charge in [0.1, 0.15) is 17.2 Å². The summed E-state index contributed by atoms with van der Waals surface area (Å²) in [6.45, 7) is 4.69. The molecule has 5 nitrogen and oxygen atoms in total. The molecule has 20 heavy (non-hydrogen) atoms. The summed E-state index contributed by atoms with van der Waals surface area (Å²) in [6.07, 6.45) is 3.22. The molecule has 0 atom stereocenters. The Balaban J connectivity index is 1.96. The summed E-state index contributed by atoms with van der Waals surface area (Å²) in [4.78, 5) is 14.9. The number of rotatable bonds is 2. The summed E-state index contributed by atoms with van der Waals surface area (Å²) < 4.78 is 19.2. The van der Waals surface area contributed by atoms with Crippen LogP contribution in [0.2, 0.25) is 0 Å². The van der Waals surface area contributed by atoms with E-state index in [1.165, 1.54) is 12.3 Å². The summed E-state index contributed by atoms with van der Waals surface area (Å²) in [5, 5.41) is 0. The van der Waals surface area contributed by atoms with Gasteiger partial charge in [-0.05, 0) is 19.1 Å². The molecule has 0 unspecified atom stereocenters. The molecule has 0 saturated carbocycles. The van der Waals surface area contributed by atoms with Crippen LogP contribution in [-0.4, -0.2) is 41.3 Å². The molecule has 2 aromatic rings. The molecule has 0 aromatic carbocycles. The predicted octanol–water partition coefficient (Wildman–Crippen LogP) is 1.82. The second kappa shape index (κ2) is 5.50. The standard InChI is InChI=1S/C14H15FN4O/c1-10-2-3-11(15)14(17-10)12-8-16-9-13(18-12)19-4-6-20-7-5-19/h2-3,8-9H,4-7H2,1H3. The van der Waals surface area contributed by atoms with Crippen LogP contribution in [0.15, 0.2) is 24.5 Å². The highest BCUT2D eigenvalue weighted by Gasteiger charge is 2.15. The Morgan fingerprint density at radius 3 is 2.75 bits per heavy atom. The summed E-state index contributed by atoms with van der Waals surface area (Å²) >= 11 is 0. The van der Waals surface area contributed by atoms with Crippen molar-refractivity contribution in [1.82, 2.24) is 15.0 Å². The SMILES string of the molecule is Cc1ccc(F)c(-c2cncc(N3CCOCC3)n2)n1. The van der Waals surface area contributed by atoms with E-state index in [1.54, 1.807) is 12.3 Å². The van der Waals surface area contributed by atoms with E-state index in [4.69, 9.17) is 4.74 Å². The van der Waals surface area contributed by atoms with Crippen molar-refractivity contribution in [2.24, 2.45) is 0 Å². The van der Waals surface area contributed by atoms with Gasteiger partial charge in [-0.1, -0.05) is 0 Å². The molecule has 0 amide bonds. The first-order valence-electron chi connectivity index (χ1n) is 6.52. The average Bonchev–Trinajstić information content (AvgIpc) is 2.51. The van der Waals surface area contributed by atoms with E-state index in [-0.39, 0.29) is 11.5 Å². The molecule has 0 radical (unpaired) electrons. The van der Waals surface area contributed by atoms with Gasteiger partial charge in [-0.15, -0.1) is 0 Å². The fourth-order valence-corrected chi connectivity index (χ4v) is 2.13. The molecule has 6 heteroatoms. The maximum Gasteiger partial charge on any atom is 0.151 e. The van der Waals surface area contributed by atoms with Crippen LogP contribution in [-0.2, 0) is 4.74 Å².